The van der Waals surface area contributed by atoms with E-state index in [9.17, 15) is 20.0 Å². The van der Waals surface area contributed by atoms with Crippen LogP contribution in [0.5, 0.6) is 17.2 Å². The molecule has 2 aromatic carbocycles. The molecule has 0 aliphatic carbocycles. The van der Waals surface area contributed by atoms with Crippen LogP contribution in [0.15, 0.2) is 35.4 Å². The summed E-state index contributed by atoms with van der Waals surface area (Å²) in [6.07, 6.45) is 1.39. The van der Waals surface area contributed by atoms with Gasteiger partial charge in [-0.25, -0.2) is 5.43 Å². The SMILES string of the molecule is CCOc1cc(/C=N/NC(=O)COc2ccc(C)cc2[N+](=O)[O-])cc(I)c1O. The van der Waals surface area contributed by atoms with Gasteiger partial charge in [0.05, 0.1) is 21.3 Å². The first kappa shape index (κ1) is 21.4. The number of carbonyl (C=O) groups excluding carboxylic acids is 1. The Balaban J connectivity index is 1.97. The van der Waals surface area contributed by atoms with E-state index in [0.29, 0.717) is 27.1 Å². The lowest BCUT2D eigenvalue weighted by molar-refractivity contribution is -0.385. The first-order valence-corrected chi connectivity index (χ1v) is 9.24. The van der Waals surface area contributed by atoms with Crippen molar-refractivity contribution in [2.45, 2.75) is 13.8 Å². The Morgan fingerprint density at radius 1 is 1.32 bits per heavy atom. The zero-order chi connectivity index (χ0) is 20.7. The number of nitro groups is 1. The molecule has 2 aromatic rings. The molecule has 0 saturated carbocycles. The molecule has 0 fully saturated rings. The minimum Gasteiger partial charge on any atom is -0.504 e. The number of halogens is 1. The van der Waals surface area contributed by atoms with E-state index in [1.54, 1.807) is 32.0 Å². The van der Waals surface area contributed by atoms with Crippen LogP contribution in [0.3, 0.4) is 0 Å². The average Bonchev–Trinajstić information content (AvgIpc) is 2.64. The van der Waals surface area contributed by atoms with Crippen LogP contribution in [0.1, 0.15) is 18.1 Å². The van der Waals surface area contributed by atoms with Crippen LogP contribution in [0.25, 0.3) is 0 Å². The Morgan fingerprint density at radius 3 is 2.75 bits per heavy atom. The predicted octanol–water partition coefficient (Wildman–Crippen LogP) is 3.14. The van der Waals surface area contributed by atoms with Gasteiger partial charge in [0.2, 0.25) is 0 Å². The van der Waals surface area contributed by atoms with Gasteiger partial charge < -0.3 is 14.6 Å². The highest BCUT2D eigenvalue weighted by Crippen LogP contribution is 2.32. The highest BCUT2D eigenvalue weighted by atomic mass is 127. The molecule has 28 heavy (non-hydrogen) atoms. The molecule has 0 saturated heterocycles. The summed E-state index contributed by atoms with van der Waals surface area (Å²) in [4.78, 5) is 22.3. The van der Waals surface area contributed by atoms with Crippen molar-refractivity contribution in [2.75, 3.05) is 13.2 Å². The maximum atomic E-state index is 11.9. The monoisotopic (exact) mass is 499 g/mol. The number of hydrazone groups is 1. The maximum absolute atomic E-state index is 11.9. The number of phenolic OH excluding ortho intramolecular Hbond substituents is 1. The summed E-state index contributed by atoms with van der Waals surface area (Å²) in [5, 5.41) is 24.8. The van der Waals surface area contributed by atoms with Crippen molar-refractivity contribution in [1.29, 1.82) is 0 Å². The first-order chi connectivity index (χ1) is 13.3. The van der Waals surface area contributed by atoms with Crippen molar-refractivity contribution >= 4 is 40.4 Å². The number of carbonyl (C=O) groups is 1. The molecule has 1 amide bonds. The van der Waals surface area contributed by atoms with E-state index in [0.717, 1.165) is 0 Å². The van der Waals surface area contributed by atoms with Gasteiger partial charge in [-0.2, -0.15) is 5.10 Å². The van der Waals surface area contributed by atoms with E-state index in [4.69, 9.17) is 9.47 Å². The zero-order valence-electron chi connectivity index (χ0n) is 15.1. The van der Waals surface area contributed by atoms with E-state index in [1.165, 1.54) is 18.3 Å². The Hall–Kier alpha value is -2.89. The molecule has 0 atom stereocenters. The average molecular weight is 499 g/mol. The number of benzene rings is 2. The second kappa shape index (κ2) is 9.88. The van der Waals surface area contributed by atoms with Gasteiger partial charge >= 0.3 is 5.69 Å². The van der Waals surface area contributed by atoms with Crippen LogP contribution in [0.2, 0.25) is 0 Å². The summed E-state index contributed by atoms with van der Waals surface area (Å²) in [7, 11) is 0. The predicted molar refractivity (Wildman–Crippen MR) is 111 cm³/mol. The first-order valence-electron chi connectivity index (χ1n) is 8.16. The van der Waals surface area contributed by atoms with Crippen molar-refractivity contribution in [3.05, 3.63) is 55.1 Å². The molecular formula is C18H18IN3O6. The molecule has 0 aliphatic rings. The third kappa shape index (κ3) is 5.81. The molecule has 0 spiro atoms. The molecule has 9 nitrogen and oxygen atoms in total. The van der Waals surface area contributed by atoms with Crippen LogP contribution < -0.4 is 14.9 Å². The van der Waals surface area contributed by atoms with Crippen molar-refractivity contribution in [3.63, 3.8) is 0 Å². The minimum atomic E-state index is -0.579. The smallest absolute Gasteiger partial charge is 0.311 e. The van der Waals surface area contributed by atoms with Crippen LogP contribution in [-0.2, 0) is 4.79 Å². The second-order valence-corrected chi connectivity index (χ2v) is 6.75. The zero-order valence-corrected chi connectivity index (χ0v) is 17.3. The molecule has 2 N–H and O–H groups in total. The molecule has 0 heterocycles. The summed E-state index contributed by atoms with van der Waals surface area (Å²) in [6.45, 7) is 3.48. The van der Waals surface area contributed by atoms with Crippen LogP contribution in [-0.4, -0.2) is 35.4 Å². The number of aryl methyl sites for hydroxylation is 1. The number of hydrogen-bond acceptors (Lipinski definition) is 7. The number of ether oxygens (including phenoxy) is 2. The van der Waals surface area contributed by atoms with Crippen LogP contribution in [0, 0.1) is 20.6 Å². The van der Waals surface area contributed by atoms with Crippen LogP contribution >= 0.6 is 22.6 Å². The number of nitrogens with zero attached hydrogens (tertiary/aromatic N) is 2. The van der Waals surface area contributed by atoms with E-state index in [2.05, 4.69) is 10.5 Å². The topological polar surface area (TPSA) is 123 Å². The second-order valence-electron chi connectivity index (χ2n) is 5.59. The number of nitrogens with one attached hydrogen (secondary N) is 1. The molecule has 0 aliphatic heterocycles. The number of nitro benzene ring substituents is 1. The normalized spacial score (nSPS) is 10.7. The lowest BCUT2D eigenvalue weighted by Gasteiger charge is -2.08. The third-order valence-electron chi connectivity index (χ3n) is 3.42. The van der Waals surface area contributed by atoms with Crippen molar-refractivity contribution in [2.24, 2.45) is 5.10 Å². The Kier molecular flexibility index (Phi) is 7.55. The molecule has 2 rings (SSSR count). The summed E-state index contributed by atoms with van der Waals surface area (Å²) in [6, 6.07) is 7.72. The highest BCUT2D eigenvalue weighted by Gasteiger charge is 2.16. The highest BCUT2D eigenvalue weighted by molar-refractivity contribution is 14.1. The summed E-state index contributed by atoms with van der Waals surface area (Å²) in [5.41, 5.74) is 3.39. The van der Waals surface area contributed by atoms with Gasteiger partial charge in [0.1, 0.15) is 0 Å². The largest absolute Gasteiger partial charge is 0.504 e. The fourth-order valence-corrected chi connectivity index (χ4v) is 2.81. The summed E-state index contributed by atoms with van der Waals surface area (Å²) in [5.74, 6) is -0.220. The van der Waals surface area contributed by atoms with E-state index in [1.807, 2.05) is 22.6 Å². The van der Waals surface area contributed by atoms with Gasteiger partial charge in [-0.1, -0.05) is 6.07 Å². The number of amides is 1. The third-order valence-corrected chi connectivity index (χ3v) is 4.25. The van der Waals surface area contributed by atoms with Gasteiger partial charge in [-0.05, 0) is 65.8 Å². The summed E-state index contributed by atoms with van der Waals surface area (Å²) >= 11 is 1.96. The lowest BCUT2D eigenvalue weighted by atomic mass is 10.2. The quantitative estimate of drug-likeness (QED) is 0.249. The number of phenols is 1. The van der Waals surface area contributed by atoms with E-state index < -0.39 is 17.4 Å². The van der Waals surface area contributed by atoms with E-state index >= 15 is 0 Å². The molecule has 0 radical (unpaired) electrons. The van der Waals surface area contributed by atoms with Gasteiger partial charge in [-0.15, -0.1) is 0 Å². The maximum Gasteiger partial charge on any atom is 0.311 e. The Labute approximate surface area is 174 Å². The number of aromatic hydroxyl groups is 1. The fraction of sp³-hybridized carbons (Fsp3) is 0.222. The number of rotatable bonds is 8. The number of hydrogen-bond donors (Lipinski definition) is 2. The Bertz CT molecular complexity index is 916. The van der Waals surface area contributed by atoms with Gasteiger partial charge in [0.25, 0.3) is 5.91 Å². The van der Waals surface area contributed by atoms with Crippen molar-refractivity contribution in [1.82, 2.24) is 5.43 Å². The minimum absolute atomic E-state index is 0.00386. The van der Waals surface area contributed by atoms with Crippen molar-refractivity contribution < 1.29 is 24.3 Å². The lowest BCUT2D eigenvalue weighted by Crippen LogP contribution is -2.24. The Morgan fingerprint density at radius 2 is 2.07 bits per heavy atom. The molecule has 0 aromatic heterocycles. The molecule has 0 bridgehead atoms. The van der Waals surface area contributed by atoms with E-state index in [-0.39, 0.29) is 17.2 Å². The summed E-state index contributed by atoms with van der Waals surface area (Å²) < 4.78 is 11.1. The standard InChI is InChI=1S/C18H18IN3O6/c1-3-27-16-8-12(7-13(19)18(16)24)9-20-21-17(23)10-28-15-5-4-11(2)6-14(15)22(25)26/h4-9,24H,3,10H2,1-2H3,(H,21,23)/b20-9+. The molecular weight excluding hydrogens is 481 g/mol. The van der Waals surface area contributed by atoms with Gasteiger partial charge in [-0.3, -0.25) is 14.9 Å². The molecule has 148 valence electrons. The fourth-order valence-electron chi connectivity index (χ4n) is 2.18. The molecule has 10 heteroatoms. The van der Waals surface area contributed by atoms with Gasteiger partial charge in [0, 0.05) is 6.07 Å². The van der Waals surface area contributed by atoms with Crippen LogP contribution in [0.4, 0.5) is 5.69 Å². The molecule has 0 unspecified atom stereocenters. The van der Waals surface area contributed by atoms with Crippen molar-refractivity contribution in [3.8, 4) is 17.2 Å². The van der Waals surface area contributed by atoms with Gasteiger partial charge in [0.15, 0.2) is 23.9 Å².